The summed E-state index contributed by atoms with van der Waals surface area (Å²) >= 11 is 0. The van der Waals surface area contributed by atoms with Gasteiger partial charge in [-0.2, -0.15) is 0 Å². The third-order valence-electron chi connectivity index (χ3n) is 1.66. The molecule has 0 saturated heterocycles. The summed E-state index contributed by atoms with van der Waals surface area (Å²) in [5.74, 6) is 5.00. The van der Waals surface area contributed by atoms with Crippen LogP contribution in [-0.4, -0.2) is 24.6 Å². The van der Waals surface area contributed by atoms with Gasteiger partial charge in [-0.3, -0.25) is 0 Å². The summed E-state index contributed by atoms with van der Waals surface area (Å²) < 4.78 is 4.54. The molecule has 0 unspecified atom stereocenters. The zero-order valence-corrected chi connectivity index (χ0v) is 8.28. The van der Waals surface area contributed by atoms with E-state index >= 15 is 0 Å². The Kier molecular flexibility index (Phi) is 3.66. The maximum Gasteiger partial charge on any atom is 0.341 e. The molecule has 5 nitrogen and oxygen atoms in total. The average molecular weight is 205 g/mol. The van der Waals surface area contributed by atoms with Gasteiger partial charge in [0.25, 0.3) is 0 Å². The van der Waals surface area contributed by atoms with E-state index in [-0.39, 0.29) is 17.9 Å². The molecular formula is C10H11N3O2. The van der Waals surface area contributed by atoms with Crippen molar-refractivity contribution in [2.75, 3.05) is 19.4 Å². The van der Waals surface area contributed by atoms with Crippen LogP contribution in [0.15, 0.2) is 12.3 Å². The largest absolute Gasteiger partial charge is 0.465 e. The third-order valence-corrected chi connectivity index (χ3v) is 1.66. The van der Waals surface area contributed by atoms with Gasteiger partial charge >= 0.3 is 5.97 Å². The monoisotopic (exact) mass is 205 g/mol. The molecule has 0 amide bonds. The lowest BCUT2D eigenvalue weighted by molar-refractivity contribution is 0.0601. The van der Waals surface area contributed by atoms with Crippen LogP contribution in [0, 0.1) is 11.8 Å². The Bertz CT molecular complexity index is 432. The van der Waals surface area contributed by atoms with Gasteiger partial charge in [0.2, 0.25) is 0 Å². The molecule has 15 heavy (non-hydrogen) atoms. The Hall–Kier alpha value is -2.06. The van der Waals surface area contributed by atoms with Crippen molar-refractivity contribution in [2.45, 2.75) is 0 Å². The van der Waals surface area contributed by atoms with Crippen LogP contribution >= 0.6 is 0 Å². The average Bonchev–Trinajstić information content (AvgIpc) is 2.27. The summed E-state index contributed by atoms with van der Waals surface area (Å²) in [5, 5.41) is 0. The zero-order chi connectivity index (χ0) is 11.3. The number of methoxy groups -OCH3 is 1. The molecule has 1 aromatic rings. The van der Waals surface area contributed by atoms with E-state index in [1.807, 2.05) is 0 Å². The van der Waals surface area contributed by atoms with Gasteiger partial charge in [-0.25, -0.2) is 9.78 Å². The summed E-state index contributed by atoms with van der Waals surface area (Å²) in [6.07, 6.45) is 1.48. The standard InChI is InChI=1S/C10H11N3O2/c1-15-10(14)8-5-7(3-2-4-11)6-13-9(8)12/h5-6H,4,11H2,1H3,(H2,12,13). The van der Waals surface area contributed by atoms with Crippen LogP contribution in [0.25, 0.3) is 0 Å². The van der Waals surface area contributed by atoms with E-state index in [9.17, 15) is 4.79 Å². The van der Waals surface area contributed by atoms with Gasteiger partial charge in [-0.15, -0.1) is 0 Å². The lowest BCUT2D eigenvalue weighted by Crippen LogP contribution is -2.07. The van der Waals surface area contributed by atoms with Crippen LogP contribution in [-0.2, 0) is 4.74 Å². The van der Waals surface area contributed by atoms with Gasteiger partial charge in [0.05, 0.1) is 13.7 Å². The minimum absolute atomic E-state index is 0.125. The summed E-state index contributed by atoms with van der Waals surface area (Å²) in [6.45, 7) is 0.248. The van der Waals surface area contributed by atoms with Crippen molar-refractivity contribution < 1.29 is 9.53 Å². The maximum absolute atomic E-state index is 11.2. The Labute approximate surface area is 87.4 Å². The lowest BCUT2D eigenvalue weighted by atomic mass is 10.2. The molecular weight excluding hydrogens is 194 g/mol. The van der Waals surface area contributed by atoms with Crippen molar-refractivity contribution in [3.05, 3.63) is 23.4 Å². The fourth-order valence-corrected chi connectivity index (χ4v) is 0.970. The first kappa shape index (κ1) is 11.0. The van der Waals surface area contributed by atoms with Gasteiger partial charge in [-0.1, -0.05) is 11.8 Å². The van der Waals surface area contributed by atoms with Crippen LogP contribution in [0.2, 0.25) is 0 Å². The summed E-state index contributed by atoms with van der Waals surface area (Å²) in [6, 6.07) is 1.52. The topological polar surface area (TPSA) is 91.2 Å². The highest BCUT2D eigenvalue weighted by Gasteiger charge is 2.10. The molecule has 5 heteroatoms. The highest BCUT2D eigenvalue weighted by atomic mass is 16.5. The first-order valence-corrected chi connectivity index (χ1v) is 4.21. The Morgan fingerprint density at radius 2 is 2.40 bits per heavy atom. The molecule has 0 aliphatic carbocycles. The van der Waals surface area contributed by atoms with E-state index in [2.05, 4.69) is 21.6 Å². The molecule has 0 radical (unpaired) electrons. The van der Waals surface area contributed by atoms with Crippen molar-refractivity contribution in [1.29, 1.82) is 0 Å². The molecule has 1 aromatic heterocycles. The van der Waals surface area contributed by atoms with Crippen LogP contribution < -0.4 is 11.5 Å². The second kappa shape index (κ2) is 4.98. The van der Waals surface area contributed by atoms with E-state index in [4.69, 9.17) is 11.5 Å². The Morgan fingerprint density at radius 3 is 3.00 bits per heavy atom. The second-order valence-electron chi connectivity index (χ2n) is 2.65. The van der Waals surface area contributed by atoms with Gasteiger partial charge in [0.15, 0.2) is 0 Å². The lowest BCUT2D eigenvalue weighted by Gasteiger charge is -2.02. The smallest absolute Gasteiger partial charge is 0.341 e. The molecule has 0 spiro atoms. The van der Waals surface area contributed by atoms with E-state index in [1.165, 1.54) is 19.4 Å². The van der Waals surface area contributed by atoms with Crippen LogP contribution in [0.4, 0.5) is 5.82 Å². The molecule has 0 aliphatic heterocycles. The zero-order valence-electron chi connectivity index (χ0n) is 8.28. The van der Waals surface area contributed by atoms with Crippen LogP contribution in [0.1, 0.15) is 15.9 Å². The van der Waals surface area contributed by atoms with Crippen molar-refractivity contribution in [1.82, 2.24) is 4.98 Å². The van der Waals surface area contributed by atoms with Crippen molar-refractivity contribution >= 4 is 11.8 Å². The normalized spacial score (nSPS) is 8.93. The molecule has 0 bridgehead atoms. The molecule has 78 valence electrons. The van der Waals surface area contributed by atoms with E-state index < -0.39 is 5.97 Å². The fourth-order valence-electron chi connectivity index (χ4n) is 0.970. The molecule has 0 fully saturated rings. The maximum atomic E-state index is 11.2. The first-order valence-electron chi connectivity index (χ1n) is 4.21. The summed E-state index contributed by atoms with van der Waals surface area (Å²) in [4.78, 5) is 15.1. The number of nitrogens with zero attached hydrogens (tertiary/aromatic N) is 1. The van der Waals surface area contributed by atoms with E-state index in [1.54, 1.807) is 0 Å². The number of nitrogens with two attached hydrogens (primary N) is 2. The molecule has 0 saturated carbocycles. The number of rotatable bonds is 1. The van der Waals surface area contributed by atoms with Gasteiger partial charge in [-0.05, 0) is 6.07 Å². The number of hydrogen-bond acceptors (Lipinski definition) is 5. The first-order chi connectivity index (χ1) is 7.19. The predicted molar refractivity (Wildman–Crippen MR) is 55.9 cm³/mol. The van der Waals surface area contributed by atoms with Crippen LogP contribution in [0.5, 0.6) is 0 Å². The highest BCUT2D eigenvalue weighted by molar-refractivity contribution is 5.94. The number of aromatic nitrogens is 1. The molecule has 0 aromatic carbocycles. The molecule has 0 aliphatic rings. The quantitative estimate of drug-likeness (QED) is 0.487. The number of carbonyl (C=O) groups is 1. The van der Waals surface area contributed by atoms with Crippen molar-refractivity contribution in [3.63, 3.8) is 0 Å². The van der Waals surface area contributed by atoms with Gasteiger partial charge < -0.3 is 16.2 Å². The van der Waals surface area contributed by atoms with Gasteiger partial charge in [0.1, 0.15) is 11.4 Å². The second-order valence-corrected chi connectivity index (χ2v) is 2.65. The molecule has 1 rings (SSSR count). The number of esters is 1. The van der Waals surface area contributed by atoms with Crippen molar-refractivity contribution in [3.8, 4) is 11.8 Å². The Balaban J connectivity index is 3.10. The van der Waals surface area contributed by atoms with Crippen molar-refractivity contribution in [2.24, 2.45) is 5.73 Å². The number of nitrogen functional groups attached to an aromatic ring is 1. The highest BCUT2D eigenvalue weighted by Crippen LogP contribution is 2.11. The van der Waals surface area contributed by atoms with Crippen LogP contribution in [0.3, 0.4) is 0 Å². The van der Waals surface area contributed by atoms with E-state index in [0.29, 0.717) is 5.56 Å². The fraction of sp³-hybridized carbons (Fsp3) is 0.200. The summed E-state index contributed by atoms with van der Waals surface area (Å²) in [5.41, 5.74) is 11.5. The predicted octanol–water partition coefficient (Wildman–Crippen LogP) is -0.239. The number of anilines is 1. The minimum Gasteiger partial charge on any atom is -0.465 e. The number of pyridine rings is 1. The molecule has 0 atom stereocenters. The van der Waals surface area contributed by atoms with Gasteiger partial charge in [0, 0.05) is 11.8 Å². The Morgan fingerprint density at radius 1 is 1.67 bits per heavy atom. The molecule has 1 heterocycles. The number of hydrogen-bond donors (Lipinski definition) is 2. The third kappa shape index (κ3) is 2.69. The van der Waals surface area contributed by atoms with E-state index in [0.717, 1.165) is 0 Å². The SMILES string of the molecule is COC(=O)c1cc(C#CCN)cnc1N. The minimum atomic E-state index is -0.531. The number of ether oxygens (including phenoxy) is 1. The molecule has 4 N–H and O–H groups in total. The number of carbonyl (C=O) groups excluding carboxylic acids is 1. The summed E-state index contributed by atoms with van der Waals surface area (Å²) in [7, 11) is 1.28.